The Morgan fingerprint density at radius 3 is 2.67 bits per heavy atom. The molecule has 0 saturated heterocycles. The maximum Gasteiger partial charge on any atom is 0.244 e. The second-order valence-electron chi connectivity index (χ2n) is 4.39. The topological polar surface area (TPSA) is 46.6 Å². The van der Waals surface area contributed by atoms with Gasteiger partial charge in [0.2, 0.25) is 10.0 Å². The van der Waals surface area contributed by atoms with Crippen LogP contribution in [0.1, 0.15) is 5.56 Å². The molecule has 0 radical (unpaired) electrons. The summed E-state index contributed by atoms with van der Waals surface area (Å²) >= 11 is 4.86. The van der Waals surface area contributed by atoms with Crippen molar-refractivity contribution in [3.05, 3.63) is 51.1 Å². The van der Waals surface area contributed by atoms with E-state index in [1.807, 2.05) is 16.8 Å². The molecule has 0 atom stereocenters. The maximum atomic E-state index is 12.8. The number of nitrogens with zero attached hydrogens (tertiary/aromatic N) is 1. The Morgan fingerprint density at radius 2 is 2.05 bits per heavy atom. The molecule has 1 aromatic carbocycles. The predicted octanol–water partition coefficient (Wildman–Crippen LogP) is 3.35. The van der Waals surface area contributed by atoms with Crippen molar-refractivity contribution in [3.63, 3.8) is 0 Å². The van der Waals surface area contributed by atoms with Crippen LogP contribution in [0.5, 0.6) is 0 Å². The van der Waals surface area contributed by atoms with Crippen LogP contribution in [0.25, 0.3) is 0 Å². The molecular formula is C14H16BrNO3S2. The molecule has 0 aliphatic carbocycles. The molecule has 0 aliphatic heterocycles. The van der Waals surface area contributed by atoms with Crippen molar-refractivity contribution in [2.75, 3.05) is 20.3 Å². The lowest BCUT2D eigenvalue weighted by molar-refractivity contribution is 0.177. The minimum atomic E-state index is -3.57. The fourth-order valence-corrected chi connectivity index (χ4v) is 4.89. The summed E-state index contributed by atoms with van der Waals surface area (Å²) < 4.78 is 32.7. The van der Waals surface area contributed by atoms with Crippen LogP contribution in [0.2, 0.25) is 0 Å². The zero-order chi connectivity index (χ0) is 15.3. The third-order valence-electron chi connectivity index (χ3n) is 2.94. The number of halogens is 1. The van der Waals surface area contributed by atoms with Gasteiger partial charge in [0.1, 0.15) is 0 Å². The third-order valence-corrected chi connectivity index (χ3v) is 6.53. The molecule has 0 unspecified atom stereocenters. The molecule has 7 heteroatoms. The third kappa shape index (κ3) is 4.14. The molecule has 2 rings (SSSR count). The predicted molar refractivity (Wildman–Crippen MR) is 87.9 cm³/mol. The Balaban J connectivity index is 2.32. The molecular weight excluding hydrogens is 374 g/mol. The number of rotatable bonds is 7. The zero-order valence-electron chi connectivity index (χ0n) is 11.5. The van der Waals surface area contributed by atoms with Crippen molar-refractivity contribution in [1.82, 2.24) is 4.31 Å². The SMILES string of the molecule is COCCN(Cc1ccsc1)S(=O)(=O)c1ccccc1Br. The van der Waals surface area contributed by atoms with Crippen LogP contribution in [-0.2, 0) is 21.3 Å². The van der Waals surface area contributed by atoms with E-state index in [0.717, 1.165) is 5.56 Å². The van der Waals surface area contributed by atoms with Crippen LogP contribution >= 0.6 is 27.3 Å². The van der Waals surface area contributed by atoms with Gasteiger partial charge in [-0.2, -0.15) is 15.6 Å². The van der Waals surface area contributed by atoms with Crippen LogP contribution in [0.3, 0.4) is 0 Å². The smallest absolute Gasteiger partial charge is 0.244 e. The Kier molecular flexibility index (Phi) is 5.95. The van der Waals surface area contributed by atoms with Gasteiger partial charge >= 0.3 is 0 Å². The van der Waals surface area contributed by atoms with Gasteiger partial charge in [-0.25, -0.2) is 8.42 Å². The molecule has 0 N–H and O–H groups in total. The summed E-state index contributed by atoms with van der Waals surface area (Å²) in [6.45, 7) is 1.01. The Labute approximate surface area is 137 Å². The van der Waals surface area contributed by atoms with Gasteiger partial charge in [-0.05, 0) is 50.5 Å². The van der Waals surface area contributed by atoms with E-state index in [-0.39, 0.29) is 4.90 Å². The Hall–Kier alpha value is -0.730. The van der Waals surface area contributed by atoms with Gasteiger partial charge in [-0.1, -0.05) is 12.1 Å². The van der Waals surface area contributed by atoms with Crippen LogP contribution in [0.4, 0.5) is 0 Å². The average Bonchev–Trinajstić information content (AvgIpc) is 2.96. The van der Waals surface area contributed by atoms with E-state index >= 15 is 0 Å². The van der Waals surface area contributed by atoms with Gasteiger partial charge in [0.15, 0.2) is 0 Å². The quantitative estimate of drug-likeness (QED) is 0.729. The highest BCUT2D eigenvalue weighted by Crippen LogP contribution is 2.26. The molecule has 0 spiro atoms. The summed E-state index contributed by atoms with van der Waals surface area (Å²) in [5.41, 5.74) is 0.978. The van der Waals surface area contributed by atoms with E-state index in [1.54, 1.807) is 42.7 Å². The average molecular weight is 390 g/mol. The Morgan fingerprint density at radius 1 is 1.29 bits per heavy atom. The molecule has 0 fully saturated rings. The van der Waals surface area contributed by atoms with E-state index < -0.39 is 10.0 Å². The standard InChI is InChI=1S/C14H16BrNO3S2/c1-19-8-7-16(10-12-6-9-20-11-12)21(17,18)14-5-3-2-4-13(14)15/h2-6,9,11H,7-8,10H2,1H3. The van der Waals surface area contributed by atoms with Crippen molar-refractivity contribution < 1.29 is 13.2 Å². The van der Waals surface area contributed by atoms with Crippen LogP contribution < -0.4 is 0 Å². The summed E-state index contributed by atoms with van der Waals surface area (Å²) in [4.78, 5) is 0.274. The van der Waals surface area contributed by atoms with Crippen molar-refractivity contribution in [1.29, 1.82) is 0 Å². The lowest BCUT2D eigenvalue weighted by Gasteiger charge is -2.22. The molecule has 1 aromatic heterocycles. The number of hydrogen-bond acceptors (Lipinski definition) is 4. The first-order valence-corrected chi connectivity index (χ1v) is 9.48. The number of ether oxygens (including phenoxy) is 1. The zero-order valence-corrected chi connectivity index (χ0v) is 14.7. The maximum absolute atomic E-state index is 12.8. The molecule has 0 aliphatic rings. The first-order chi connectivity index (χ1) is 10.1. The number of thiophene rings is 1. The normalized spacial score (nSPS) is 12.0. The summed E-state index contributed by atoms with van der Waals surface area (Å²) in [6, 6.07) is 8.77. The van der Waals surface area contributed by atoms with Gasteiger partial charge in [-0.3, -0.25) is 0 Å². The monoisotopic (exact) mass is 389 g/mol. The first kappa shape index (κ1) is 16.6. The molecule has 4 nitrogen and oxygen atoms in total. The molecule has 21 heavy (non-hydrogen) atoms. The summed E-state index contributed by atoms with van der Waals surface area (Å²) in [7, 11) is -2.01. The molecule has 0 amide bonds. The fourth-order valence-electron chi connectivity index (χ4n) is 1.86. The van der Waals surface area contributed by atoms with Crippen molar-refractivity contribution in [2.24, 2.45) is 0 Å². The second-order valence-corrected chi connectivity index (χ2v) is 7.93. The van der Waals surface area contributed by atoms with Crippen LogP contribution in [-0.4, -0.2) is 33.0 Å². The lowest BCUT2D eigenvalue weighted by atomic mass is 10.3. The lowest BCUT2D eigenvalue weighted by Crippen LogP contribution is -2.33. The molecule has 114 valence electrons. The van der Waals surface area contributed by atoms with Gasteiger partial charge in [-0.15, -0.1) is 0 Å². The minimum absolute atomic E-state index is 0.274. The van der Waals surface area contributed by atoms with Gasteiger partial charge < -0.3 is 4.74 Å². The van der Waals surface area contributed by atoms with E-state index in [0.29, 0.717) is 24.2 Å². The van der Waals surface area contributed by atoms with E-state index in [4.69, 9.17) is 4.74 Å². The number of hydrogen-bond donors (Lipinski definition) is 0. The van der Waals surface area contributed by atoms with Gasteiger partial charge in [0, 0.05) is 24.7 Å². The van der Waals surface area contributed by atoms with Crippen LogP contribution in [0, 0.1) is 0 Å². The highest BCUT2D eigenvalue weighted by molar-refractivity contribution is 9.10. The minimum Gasteiger partial charge on any atom is -0.383 e. The van der Waals surface area contributed by atoms with E-state index in [9.17, 15) is 8.42 Å². The van der Waals surface area contributed by atoms with Crippen molar-refractivity contribution >= 4 is 37.3 Å². The van der Waals surface area contributed by atoms with Gasteiger partial charge in [0.25, 0.3) is 0 Å². The van der Waals surface area contributed by atoms with Gasteiger partial charge in [0.05, 0.1) is 11.5 Å². The molecule has 1 heterocycles. The summed E-state index contributed by atoms with van der Waals surface area (Å²) in [6.07, 6.45) is 0. The fraction of sp³-hybridized carbons (Fsp3) is 0.286. The summed E-state index contributed by atoms with van der Waals surface area (Å²) in [5.74, 6) is 0. The molecule has 0 saturated carbocycles. The molecule has 0 bridgehead atoms. The molecule has 2 aromatic rings. The first-order valence-electron chi connectivity index (χ1n) is 6.30. The van der Waals surface area contributed by atoms with Crippen molar-refractivity contribution in [2.45, 2.75) is 11.4 Å². The van der Waals surface area contributed by atoms with E-state index in [1.165, 1.54) is 4.31 Å². The highest BCUT2D eigenvalue weighted by atomic mass is 79.9. The largest absolute Gasteiger partial charge is 0.383 e. The number of methoxy groups -OCH3 is 1. The number of sulfonamides is 1. The van der Waals surface area contributed by atoms with Crippen molar-refractivity contribution in [3.8, 4) is 0 Å². The second kappa shape index (κ2) is 7.51. The Bertz CT molecular complexity index is 671. The summed E-state index contributed by atoms with van der Waals surface area (Å²) in [5, 5.41) is 3.89. The number of benzene rings is 1. The highest BCUT2D eigenvalue weighted by Gasteiger charge is 2.26. The van der Waals surface area contributed by atoms with Crippen LogP contribution in [0.15, 0.2) is 50.5 Å². The van der Waals surface area contributed by atoms with E-state index in [2.05, 4.69) is 15.9 Å².